The van der Waals surface area contributed by atoms with Crippen molar-refractivity contribution in [2.75, 3.05) is 33.3 Å². The SMILES string of the molecule is COc1cccc(C(=O)N2CCN(Cc3ccco3)CC2)c1C. The number of rotatable bonds is 4. The Morgan fingerprint density at radius 1 is 1.17 bits per heavy atom. The zero-order chi connectivity index (χ0) is 16.2. The molecule has 1 amide bonds. The van der Waals surface area contributed by atoms with Gasteiger partial charge < -0.3 is 14.1 Å². The van der Waals surface area contributed by atoms with Crippen LogP contribution >= 0.6 is 0 Å². The highest BCUT2D eigenvalue weighted by Gasteiger charge is 2.24. The summed E-state index contributed by atoms with van der Waals surface area (Å²) in [5, 5.41) is 0. The first-order valence-corrected chi connectivity index (χ1v) is 7.86. The largest absolute Gasteiger partial charge is 0.496 e. The molecule has 2 aromatic rings. The van der Waals surface area contributed by atoms with Crippen LogP contribution in [-0.2, 0) is 6.54 Å². The minimum Gasteiger partial charge on any atom is -0.496 e. The maximum Gasteiger partial charge on any atom is 0.254 e. The van der Waals surface area contributed by atoms with Gasteiger partial charge in [-0.2, -0.15) is 0 Å². The van der Waals surface area contributed by atoms with E-state index in [-0.39, 0.29) is 5.91 Å². The number of hydrogen-bond donors (Lipinski definition) is 0. The molecule has 3 rings (SSSR count). The zero-order valence-electron chi connectivity index (χ0n) is 13.6. The highest BCUT2D eigenvalue weighted by Crippen LogP contribution is 2.22. The molecule has 5 heteroatoms. The minimum absolute atomic E-state index is 0.0825. The summed E-state index contributed by atoms with van der Waals surface area (Å²) in [6, 6.07) is 9.51. The smallest absolute Gasteiger partial charge is 0.254 e. The Morgan fingerprint density at radius 3 is 2.61 bits per heavy atom. The number of ether oxygens (including phenoxy) is 1. The van der Waals surface area contributed by atoms with Gasteiger partial charge >= 0.3 is 0 Å². The molecule has 0 aliphatic carbocycles. The van der Waals surface area contributed by atoms with E-state index < -0.39 is 0 Å². The predicted octanol–water partition coefficient (Wildman–Crippen LogP) is 2.55. The molecule has 1 saturated heterocycles. The fourth-order valence-corrected chi connectivity index (χ4v) is 2.97. The fraction of sp³-hybridized carbons (Fsp3) is 0.389. The molecule has 1 aromatic heterocycles. The van der Waals surface area contributed by atoms with Crippen molar-refractivity contribution in [2.24, 2.45) is 0 Å². The molecule has 122 valence electrons. The van der Waals surface area contributed by atoms with E-state index in [4.69, 9.17) is 9.15 Å². The van der Waals surface area contributed by atoms with Crippen molar-refractivity contribution >= 4 is 5.91 Å². The fourth-order valence-electron chi connectivity index (χ4n) is 2.97. The summed E-state index contributed by atoms with van der Waals surface area (Å²) in [5.74, 6) is 1.81. The molecular weight excluding hydrogens is 292 g/mol. The summed E-state index contributed by atoms with van der Waals surface area (Å²) >= 11 is 0. The molecule has 0 saturated carbocycles. The highest BCUT2D eigenvalue weighted by molar-refractivity contribution is 5.96. The van der Waals surface area contributed by atoms with Crippen LogP contribution in [0.2, 0.25) is 0 Å². The van der Waals surface area contributed by atoms with Crippen LogP contribution in [-0.4, -0.2) is 49.0 Å². The normalized spacial score (nSPS) is 15.7. The number of carbonyl (C=O) groups excluding carboxylic acids is 1. The molecule has 0 spiro atoms. The summed E-state index contributed by atoms with van der Waals surface area (Å²) in [7, 11) is 1.63. The van der Waals surface area contributed by atoms with Crippen LogP contribution < -0.4 is 4.74 Å². The standard InChI is InChI=1S/C18H22N2O3/c1-14-16(6-3-7-17(14)22-2)18(21)20-10-8-19(9-11-20)13-15-5-4-12-23-15/h3-7,12H,8-11,13H2,1-2H3. The van der Waals surface area contributed by atoms with Gasteiger partial charge in [0.2, 0.25) is 0 Å². The molecule has 5 nitrogen and oxygen atoms in total. The molecule has 0 N–H and O–H groups in total. The third-order valence-electron chi connectivity index (χ3n) is 4.35. The molecule has 23 heavy (non-hydrogen) atoms. The van der Waals surface area contributed by atoms with Gasteiger partial charge in [-0.3, -0.25) is 9.69 Å². The first kappa shape index (κ1) is 15.6. The zero-order valence-corrected chi connectivity index (χ0v) is 13.6. The van der Waals surface area contributed by atoms with E-state index in [1.54, 1.807) is 13.4 Å². The summed E-state index contributed by atoms with van der Waals surface area (Å²) in [6.45, 7) is 5.91. The predicted molar refractivity (Wildman–Crippen MR) is 87.6 cm³/mol. The van der Waals surface area contributed by atoms with E-state index in [9.17, 15) is 4.79 Å². The van der Waals surface area contributed by atoms with Gasteiger partial charge in [0.25, 0.3) is 5.91 Å². The first-order chi connectivity index (χ1) is 11.2. The van der Waals surface area contributed by atoms with E-state index in [2.05, 4.69) is 4.90 Å². The second-order valence-corrected chi connectivity index (χ2v) is 5.78. The van der Waals surface area contributed by atoms with Crippen LogP contribution in [0.15, 0.2) is 41.0 Å². The van der Waals surface area contributed by atoms with Crippen molar-refractivity contribution in [3.63, 3.8) is 0 Å². The number of benzene rings is 1. The Kier molecular flexibility index (Phi) is 4.67. The number of piperazine rings is 1. The average molecular weight is 314 g/mol. The molecule has 1 aliphatic rings. The third kappa shape index (κ3) is 3.40. The Morgan fingerprint density at radius 2 is 1.96 bits per heavy atom. The summed E-state index contributed by atoms with van der Waals surface area (Å²) in [5.41, 5.74) is 1.63. The molecule has 1 aliphatic heterocycles. The van der Waals surface area contributed by atoms with Crippen LogP contribution in [0.25, 0.3) is 0 Å². The van der Waals surface area contributed by atoms with Crippen molar-refractivity contribution in [1.29, 1.82) is 0 Å². The van der Waals surface area contributed by atoms with Crippen molar-refractivity contribution < 1.29 is 13.9 Å². The van der Waals surface area contributed by atoms with Gasteiger partial charge in [-0.1, -0.05) is 6.07 Å². The Labute approximate surface area is 136 Å². The lowest BCUT2D eigenvalue weighted by Gasteiger charge is -2.34. The quantitative estimate of drug-likeness (QED) is 0.870. The van der Waals surface area contributed by atoms with Gasteiger partial charge in [0.05, 0.1) is 19.9 Å². The van der Waals surface area contributed by atoms with Crippen LogP contribution in [0.4, 0.5) is 0 Å². The minimum atomic E-state index is 0.0825. The number of amides is 1. The third-order valence-corrected chi connectivity index (χ3v) is 4.35. The van der Waals surface area contributed by atoms with E-state index in [1.165, 1.54) is 0 Å². The Balaban J connectivity index is 1.62. The Bertz CT molecular complexity index is 659. The second kappa shape index (κ2) is 6.87. The van der Waals surface area contributed by atoms with Crippen molar-refractivity contribution in [2.45, 2.75) is 13.5 Å². The Hall–Kier alpha value is -2.27. The van der Waals surface area contributed by atoms with Crippen molar-refractivity contribution in [3.05, 3.63) is 53.5 Å². The van der Waals surface area contributed by atoms with Gasteiger partial charge in [-0.05, 0) is 31.2 Å². The maximum absolute atomic E-state index is 12.7. The van der Waals surface area contributed by atoms with Crippen LogP contribution in [0.3, 0.4) is 0 Å². The number of furan rings is 1. The van der Waals surface area contributed by atoms with E-state index >= 15 is 0 Å². The van der Waals surface area contributed by atoms with Crippen LogP contribution in [0, 0.1) is 6.92 Å². The maximum atomic E-state index is 12.7. The molecule has 1 fully saturated rings. The summed E-state index contributed by atoms with van der Waals surface area (Å²) in [4.78, 5) is 17.0. The van der Waals surface area contributed by atoms with Crippen LogP contribution in [0.1, 0.15) is 21.7 Å². The summed E-state index contributed by atoms with van der Waals surface area (Å²) < 4.78 is 10.7. The number of nitrogens with zero attached hydrogens (tertiary/aromatic N) is 2. The number of carbonyl (C=O) groups is 1. The first-order valence-electron chi connectivity index (χ1n) is 7.86. The number of methoxy groups -OCH3 is 1. The van der Waals surface area contributed by atoms with E-state index in [0.717, 1.165) is 55.4 Å². The molecule has 0 unspecified atom stereocenters. The molecule has 0 atom stereocenters. The van der Waals surface area contributed by atoms with Crippen molar-refractivity contribution in [1.82, 2.24) is 9.80 Å². The second-order valence-electron chi connectivity index (χ2n) is 5.78. The topological polar surface area (TPSA) is 45.9 Å². The van der Waals surface area contributed by atoms with Crippen molar-refractivity contribution in [3.8, 4) is 5.75 Å². The number of hydrogen-bond acceptors (Lipinski definition) is 4. The molecule has 0 radical (unpaired) electrons. The van der Waals surface area contributed by atoms with Gasteiger partial charge in [0, 0.05) is 37.3 Å². The molecule has 0 bridgehead atoms. The molecular formula is C18H22N2O3. The van der Waals surface area contributed by atoms with Gasteiger partial charge in [0.1, 0.15) is 11.5 Å². The van der Waals surface area contributed by atoms with Gasteiger partial charge in [0.15, 0.2) is 0 Å². The monoisotopic (exact) mass is 314 g/mol. The lowest BCUT2D eigenvalue weighted by molar-refractivity contribution is 0.0619. The lowest BCUT2D eigenvalue weighted by atomic mass is 10.1. The highest BCUT2D eigenvalue weighted by atomic mass is 16.5. The molecule has 2 heterocycles. The van der Waals surface area contributed by atoms with Gasteiger partial charge in [-0.15, -0.1) is 0 Å². The van der Waals surface area contributed by atoms with E-state index in [0.29, 0.717) is 0 Å². The average Bonchev–Trinajstić information content (AvgIpc) is 3.08. The summed E-state index contributed by atoms with van der Waals surface area (Å²) in [6.07, 6.45) is 1.70. The van der Waals surface area contributed by atoms with Gasteiger partial charge in [-0.25, -0.2) is 0 Å². The lowest BCUT2D eigenvalue weighted by Crippen LogP contribution is -2.48. The molecule has 1 aromatic carbocycles. The van der Waals surface area contributed by atoms with Crippen LogP contribution in [0.5, 0.6) is 5.75 Å². The van der Waals surface area contributed by atoms with E-state index in [1.807, 2.05) is 42.2 Å².